The van der Waals surface area contributed by atoms with Crippen LogP contribution in [0, 0.1) is 6.92 Å². The Morgan fingerprint density at radius 3 is 2.43 bits per heavy atom. The molecule has 0 saturated heterocycles. The van der Waals surface area contributed by atoms with Crippen LogP contribution < -0.4 is 4.74 Å². The Morgan fingerprint density at radius 2 is 1.70 bits per heavy atom. The minimum Gasteiger partial charge on any atom is -0.496 e. The van der Waals surface area contributed by atoms with Crippen LogP contribution in [0.25, 0.3) is 10.8 Å². The summed E-state index contributed by atoms with van der Waals surface area (Å²) < 4.78 is 5.50. The number of ether oxygens (including phenoxy) is 1. The van der Waals surface area contributed by atoms with Crippen LogP contribution in [0.15, 0.2) is 60.7 Å². The van der Waals surface area contributed by atoms with Crippen LogP contribution in [-0.4, -0.2) is 12.9 Å². The zero-order chi connectivity index (χ0) is 16.2. The Balaban J connectivity index is 1.86. The fraction of sp³-hybridized carbons (Fsp3) is 0.190. The lowest BCUT2D eigenvalue weighted by Gasteiger charge is -2.12. The fourth-order valence-corrected chi connectivity index (χ4v) is 2.89. The first-order valence-electron chi connectivity index (χ1n) is 7.83. The van der Waals surface area contributed by atoms with Crippen molar-refractivity contribution in [2.24, 2.45) is 0 Å². The number of fused-ring (bicyclic) bond motifs is 1. The number of benzene rings is 3. The van der Waals surface area contributed by atoms with E-state index in [9.17, 15) is 4.79 Å². The number of carbonyl (C=O) groups is 1. The van der Waals surface area contributed by atoms with Crippen molar-refractivity contribution in [1.82, 2.24) is 0 Å². The highest BCUT2D eigenvalue weighted by Crippen LogP contribution is 2.29. The van der Waals surface area contributed by atoms with Gasteiger partial charge in [0.1, 0.15) is 5.75 Å². The maximum absolute atomic E-state index is 12.4. The Kier molecular flexibility index (Phi) is 4.42. The third-order valence-electron chi connectivity index (χ3n) is 4.19. The third-order valence-corrected chi connectivity index (χ3v) is 4.19. The molecule has 2 heteroatoms. The number of methoxy groups -OCH3 is 1. The zero-order valence-corrected chi connectivity index (χ0v) is 13.5. The largest absolute Gasteiger partial charge is 0.496 e. The summed E-state index contributed by atoms with van der Waals surface area (Å²) >= 11 is 0. The van der Waals surface area contributed by atoms with E-state index >= 15 is 0 Å². The molecule has 0 fully saturated rings. The Bertz CT molecular complexity index is 832. The molecule has 0 unspecified atom stereocenters. The zero-order valence-electron chi connectivity index (χ0n) is 13.5. The summed E-state index contributed by atoms with van der Waals surface area (Å²) in [4.78, 5) is 12.4. The van der Waals surface area contributed by atoms with Gasteiger partial charge in [-0.2, -0.15) is 0 Å². The molecule has 0 N–H and O–H groups in total. The lowest BCUT2D eigenvalue weighted by Crippen LogP contribution is -2.03. The van der Waals surface area contributed by atoms with Gasteiger partial charge in [-0.05, 0) is 30.2 Å². The van der Waals surface area contributed by atoms with Gasteiger partial charge in [-0.15, -0.1) is 0 Å². The molecule has 2 nitrogen and oxygen atoms in total. The van der Waals surface area contributed by atoms with E-state index in [0.717, 1.165) is 27.8 Å². The average Bonchev–Trinajstić information content (AvgIpc) is 2.59. The second-order valence-corrected chi connectivity index (χ2v) is 5.76. The van der Waals surface area contributed by atoms with Crippen LogP contribution in [-0.2, 0) is 6.42 Å². The quantitative estimate of drug-likeness (QED) is 0.622. The smallest absolute Gasteiger partial charge is 0.163 e. The molecule has 3 aromatic rings. The Labute approximate surface area is 136 Å². The molecule has 0 aromatic heterocycles. The first-order chi connectivity index (χ1) is 11.2. The van der Waals surface area contributed by atoms with Gasteiger partial charge in [0, 0.05) is 17.5 Å². The Hall–Kier alpha value is -2.61. The standard InChI is InChI=1S/C21H20O2/c1-15-7-9-17(10-8-15)20(22)13-12-19-18-6-4-3-5-16(18)11-14-21(19)23-2/h3-11,14H,12-13H2,1-2H3. The normalized spacial score (nSPS) is 10.7. The monoisotopic (exact) mass is 304 g/mol. The van der Waals surface area contributed by atoms with E-state index in [0.29, 0.717) is 12.8 Å². The van der Waals surface area contributed by atoms with Gasteiger partial charge < -0.3 is 4.74 Å². The van der Waals surface area contributed by atoms with Gasteiger partial charge in [0.15, 0.2) is 5.78 Å². The maximum atomic E-state index is 12.4. The van der Waals surface area contributed by atoms with E-state index in [1.54, 1.807) is 7.11 Å². The molecule has 0 aliphatic heterocycles. The van der Waals surface area contributed by atoms with Crippen molar-refractivity contribution in [3.63, 3.8) is 0 Å². The molecule has 0 atom stereocenters. The SMILES string of the molecule is COc1ccc2ccccc2c1CCC(=O)c1ccc(C)cc1. The maximum Gasteiger partial charge on any atom is 0.163 e. The minimum absolute atomic E-state index is 0.167. The van der Waals surface area contributed by atoms with Gasteiger partial charge in [-0.3, -0.25) is 4.79 Å². The summed E-state index contributed by atoms with van der Waals surface area (Å²) in [5.41, 5.74) is 3.04. The van der Waals surface area contributed by atoms with Crippen LogP contribution in [0.3, 0.4) is 0 Å². The summed E-state index contributed by atoms with van der Waals surface area (Å²) in [5, 5.41) is 2.33. The number of rotatable bonds is 5. The van der Waals surface area contributed by atoms with Crippen molar-refractivity contribution < 1.29 is 9.53 Å². The van der Waals surface area contributed by atoms with E-state index in [2.05, 4.69) is 18.2 Å². The molecule has 116 valence electrons. The molecule has 0 spiro atoms. The molecule has 0 bridgehead atoms. The minimum atomic E-state index is 0.167. The van der Waals surface area contributed by atoms with E-state index in [1.807, 2.05) is 49.4 Å². The van der Waals surface area contributed by atoms with Gasteiger partial charge in [-0.1, -0.05) is 60.2 Å². The van der Waals surface area contributed by atoms with E-state index in [4.69, 9.17) is 4.74 Å². The average molecular weight is 304 g/mol. The molecule has 23 heavy (non-hydrogen) atoms. The summed E-state index contributed by atoms with van der Waals surface area (Å²) in [7, 11) is 1.68. The van der Waals surface area contributed by atoms with Crippen LogP contribution >= 0.6 is 0 Å². The van der Waals surface area contributed by atoms with Gasteiger partial charge in [0.2, 0.25) is 0 Å². The molecule has 0 radical (unpaired) electrons. The molecular formula is C21H20O2. The number of hydrogen-bond acceptors (Lipinski definition) is 2. The van der Waals surface area contributed by atoms with E-state index in [1.165, 1.54) is 5.39 Å². The van der Waals surface area contributed by atoms with Crippen molar-refractivity contribution >= 4 is 16.6 Å². The van der Waals surface area contributed by atoms with Crippen LogP contribution in [0.1, 0.15) is 27.9 Å². The predicted octanol–water partition coefficient (Wildman–Crippen LogP) is 4.97. The second-order valence-electron chi connectivity index (χ2n) is 5.76. The van der Waals surface area contributed by atoms with Gasteiger partial charge in [-0.25, -0.2) is 0 Å². The van der Waals surface area contributed by atoms with Gasteiger partial charge in [0.25, 0.3) is 0 Å². The highest BCUT2D eigenvalue weighted by Gasteiger charge is 2.11. The van der Waals surface area contributed by atoms with Crippen LogP contribution in [0.2, 0.25) is 0 Å². The van der Waals surface area contributed by atoms with Crippen molar-refractivity contribution in [3.8, 4) is 5.75 Å². The first kappa shape index (κ1) is 15.3. The van der Waals surface area contributed by atoms with Gasteiger partial charge in [0.05, 0.1) is 7.11 Å². The van der Waals surface area contributed by atoms with Crippen molar-refractivity contribution in [1.29, 1.82) is 0 Å². The summed E-state index contributed by atoms with van der Waals surface area (Å²) in [6, 6.07) is 20.0. The fourth-order valence-electron chi connectivity index (χ4n) is 2.89. The van der Waals surface area contributed by atoms with E-state index < -0.39 is 0 Å². The topological polar surface area (TPSA) is 26.3 Å². The lowest BCUT2D eigenvalue weighted by atomic mass is 9.97. The van der Waals surface area contributed by atoms with Crippen molar-refractivity contribution in [3.05, 3.63) is 77.4 Å². The highest BCUT2D eigenvalue weighted by molar-refractivity contribution is 5.97. The molecule has 0 heterocycles. The van der Waals surface area contributed by atoms with Gasteiger partial charge >= 0.3 is 0 Å². The van der Waals surface area contributed by atoms with E-state index in [-0.39, 0.29) is 5.78 Å². The predicted molar refractivity (Wildman–Crippen MR) is 94.3 cm³/mol. The molecule has 3 rings (SSSR count). The molecule has 0 aliphatic rings. The number of ketones is 1. The van der Waals surface area contributed by atoms with Crippen molar-refractivity contribution in [2.45, 2.75) is 19.8 Å². The summed E-state index contributed by atoms with van der Waals surface area (Å²) in [5.74, 6) is 1.01. The lowest BCUT2D eigenvalue weighted by molar-refractivity contribution is 0.0983. The van der Waals surface area contributed by atoms with Crippen molar-refractivity contribution in [2.75, 3.05) is 7.11 Å². The molecule has 0 aliphatic carbocycles. The second kappa shape index (κ2) is 6.66. The Morgan fingerprint density at radius 1 is 0.957 bits per heavy atom. The summed E-state index contributed by atoms with van der Waals surface area (Å²) in [6.45, 7) is 2.02. The number of aryl methyl sites for hydroxylation is 2. The molecule has 0 amide bonds. The number of hydrogen-bond donors (Lipinski definition) is 0. The third kappa shape index (κ3) is 3.26. The van der Waals surface area contributed by atoms with Crippen LogP contribution in [0.4, 0.5) is 0 Å². The molecule has 3 aromatic carbocycles. The molecule has 0 saturated carbocycles. The number of Topliss-reactive ketones (excluding diaryl/α,β-unsaturated/α-hetero) is 1. The highest BCUT2D eigenvalue weighted by atomic mass is 16.5. The number of carbonyl (C=O) groups excluding carboxylic acids is 1. The van der Waals surface area contributed by atoms with Crippen LogP contribution in [0.5, 0.6) is 5.75 Å². The first-order valence-corrected chi connectivity index (χ1v) is 7.83. The molecular weight excluding hydrogens is 284 g/mol. The summed E-state index contributed by atoms with van der Waals surface area (Å²) in [6.07, 6.45) is 1.16.